The Hall–Kier alpha value is -4.09. The van der Waals surface area contributed by atoms with Crippen molar-refractivity contribution >= 4 is 18.1 Å². The Morgan fingerprint density at radius 1 is 1.10 bits per heavy atom. The minimum atomic E-state index is -1.22. The lowest BCUT2D eigenvalue weighted by atomic mass is 9.77. The molecule has 1 aliphatic carbocycles. The molecule has 0 saturated heterocycles. The highest BCUT2D eigenvalue weighted by molar-refractivity contribution is 5.96. The first kappa shape index (κ1) is 28.9. The van der Waals surface area contributed by atoms with Gasteiger partial charge >= 0.3 is 0 Å². The summed E-state index contributed by atoms with van der Waals surface area (Å²) < 4.78 is 22.4. The SMILES string of the molecule is COc1ccc(OC)c(CCN(C(C)=O)C2C=C(C(=O)NCCO)C3c4cc(C=O)cc(OC)c4OC3C2O)c1. The fourth-order valence-corrected chi connectivity index (χ4v) is 5.39. The summed E-state index contributed by atoms with van der Waals surface area (Å²) in [4.78, 5) is 39.4. The first-order valence-corrected chi connectivity index (χ1v) is 12.9. The van der Waals surface area contributed by atoms with Crippen molar-refractivity contribution in [2.24, 2.45) is 0 Å². The maximum absolute atomic E-state index is 13.3. The van der Waals surface area contributed by atoms with Crippen LogP contribution in [0, 0.1) is 0 Å². The fraction of sp³-hybridized carbons (Fsp3) is 0.414. The number of methoxy groups -OCH3 is 3. The number of amides is 2. The molecule has 2 aromatic carbocycles. The van der Waals surface area contributed by atoms with Gasteiger partial charge in [-0.3, -0.25) is 14.4 Å². The highest BCUT2D eigenvalue weighted by Crippen LogP contribution is 2.51. The first-order chi connectivity index (χ1) is 19.3. The quantitative estimate of drug-likeness (QED) is 0.350. The molecule has 4 rings (SSSR count). The van der Waals surface area contributed by atoms with Crippen LogP contribution in [0.3, 0.4) is 0 Å². The largest absolute Gasteiger partial charge is 0.497 e. The van der Waals surface area contributed by atoms with Gasteiger partial charge in [0.1, 0.15) is 30.0 Å². The number of carbonyl (C=O) groups excluding carboxylic acids is 3. The van der Waals surface area contributed by atoms with Gasteiger partial charge in [-0.25, -0.2) is 0 Å². The number of rotatable bonds is 11. The zero-order valence-electron chi connectivity index (χ0n) is 22.9. The van der Waals surface area contributed by atoms with Crippen LogP contribution in [0.2, 0.25) is 0 Å². The van der Waals surface area contributed by atoms with Gasteiger partial charge in [0.25, 0.3) is 0 Å². The van der Waals surface area contributed by atoms with Crippen LogP contribution in [0.5, 0.6) is 23.0 Å². The van der Waals surface area contributed by atoms with Crippen molar-refractivity contribution in [2.45, 2.75) is 37.5 Å². The summed E-state index contributed by atoms with van der Waals surface area (Å²) in [5.41, 5.74) is 1.90. The Kier molecular flexibility index (Phi) is 8.96. The number of nitrogens with zero attached hydrogens (tertiary/aromatic N) is 1. The van der Waals surface area contributed by atoms with Crippen LogP contribution >= 0.6 is 0 Å². The van der Waals surface area contributed by atoms with E-state index in [9.17, 15) is 24.6 Å². The molecule has 3 N–H and O–H groups in total. The lowest BCUT2D eigenvalue weighted by Gasteiger charge is -2.40. The molecule has 1 aliphatic heterocycles. The van der Waals surface area contributed by atoms with E-state index in [0.29, 0.717) is 46.8 Å². The van der Waals surface area contributed by atoms with E-state index in [1.807, 2.05) is 6.07 Å². The van der Waals surface area contributed by atoms with Crippen molar-refractivity contribution in [1.29, 1.82) is 0 Å². The normalized spacial score (nSPS) is 20.8. The summed E-state index contributed by atoms with van der Waals surface area (Å²) in [5, 5.41) is 23.5. The molecular formula is C29H34N2O9. The minimum Gasteiger partial charge on any atom is -0.497 e. The number of aldehydes is 1. The highest BCUT2D eigenvalue weighted by Gasteiger charge is 2.51. The summed E-state index contributed by atoms with van der Waals surface area (Å²) >= 11 is 0. The van der Waals surface area contributed by atoms with Crippen LogP contribution in [0.1, 0.15) is 34.3 Å². The zero-order valence-corrected chi connectivity index (χ0v) is 22.9. The third kappa shape index (κ3) is 5.47. The molecule has 0 radical (unpaired) electrons. The Balaban J connectivity index is 1.74. The van der Waals surface area contributed by atoms with Crippen LogP contribution in [-0.2, 0) is 16.0 Å². The molecule has 0 aromatic heterocycles. The van der Waals surface area contributed by atoms with Gasteiger partial charge < -0.3 is 39.4 Å². The molecule has 0 saturated carbocycles. The number of benzene rings is 2. The zero-order chi connectivity index (χ0) is 29.0. The molecule has 2 amide bonds. The smallest absolute Gasteiger partial charge is 0.247 e. The van der Waals surface area contributed by atoms with Gasteiger partial charge in [-0.15, -0.1) is 0 Å². The molecule has 0 spiro atoms. The molecule has 11 heteroatoms. The van der Waals surface area contributed by atoms with Crippen LogP contribution in [0.15, 0.2) is 42.0 Å². The Labute approximate surface area is 232 Å². The number of aliphatic hydroxyl groups excluding tert-OH is 2. The lowest BCUT2D eigenvalue weighted by molar-refractivity contribution is -0.134. The molecule has 4 atom stereocenters. The molecule has 214 valence electrons. The topological polar surface area (TPSA) is 144 Å². The fourth-order valence-electron chi connectivity index (χ4n) is 5.39. The second kappa shape index (κ2) is 12.4. The van der Waals surface area contributed by atoms with Gasteiger partial charge in [0.2, 0.25) is 11.8 Å². The maximum Gasteiger partial charge on any atom is 0.247 e. The predicted molar refractivity (Wildman–Crippen MR) is 144 cm³/mol. The van der Waals surface area contributed by atoms with E-state index in [-0.39, 0.29) is 31.2 Å². The van der Waals surface area contributed by atoms with E-state index in [1.165, 1.54) is 25.0 Å². The van der Waals surface area contributed by atoms with Crippen molar-refractivity contribution in [1.82, 2.24) is 10.2 Å². The summed E-state index contributed by atoms with van der Waals surface area (Å²) in [6, 6.07) is 7.59. The molecule has 0 bridgehead atoms. The van der Waals surface area contributed by atoms with Crippen LogP contribution in [-0.4, -0.2) is 92.5 Å². The molecule has 0 fully saturated rings. The average molecular weight is 555 g/mol. The number of hydrogen-bond acceptors (Lipinski definition) is 9. The van der Waals surface area contributed by atoms with Crippen LogP contribution < -0.4 is 24.3 Å². The van der Waals surface area contributed by atoms with Gasteiger partial charge in [0.05, 0.1) is 39.9 Å². The van der Waals surface area contributed by atoms with Crippen molar-refractivity contribution < 1.29 is 43.5 Å². The van der Waals surface area contributed by atoms with Gasteiger partial charge in [-0.2, -0.15) is 0 Å². The number of aliphatic hydroxyl groups is 2. The Morgan fingerprint density at radius 2 is 1.85 bits per heavy atom. The van der Waals surface area contributed by atoms with Crippen LogP contribution in [0.25, 0.3) is 0 Å². The third-order valence-electron chi connectivity index (χ3n) is 7.28. The Morgan fingerprint density at radius 3 is 2.48 bits per heavy atom. The van der Waals surface area contributed by atoms with E-state index < -0.39 is 30.1 Å². The number of carbonyl (C=O) groups is 3. The first-order valence-electron chi connectivity index (χ1n) is 12.9. The van der Waals surface area contributed by atoms with Crippen molar-refractivity contribution in [2.75, 3.05) is 41.0 Å². The summed E-state index contributed by atoms with van der Waals surface area (Å²) in [5.74, 6) is 0.342. The van der Waals surface area contributed by atoms with Gasteiger partial charge in [-0.05, 0) is 48.4 Å². The number of ether oxygens (including phenoxy) is 4. The van der Waals surface area contributed by atoms with Crippen LogP contribution in [0.4, 0.5) is 0 Å². The van der Waals surface area contributed by atoms with E-state index >= 15 is 0 Å². The van der Waals surface area contributed by atoms with E-state index in [4.69, 9.17) is 18.9 Å². The lowest BCUT2D eigenvalue weighted by Crippen LogP contribution is -2.55. The molecular weight excluding hydrogens is 520 g/mol. The van der Waals surface area contributed by atoms with Crippen molar-refractivity contribution in [3.8, 4) is 23.0 Å². The minimum absolute atomic E-state index is 0.0122. The molecule has 2 aliphatic rings. The van der Waals surface area contributed by atoms with E-state index in [2.05, 4.69) is 5.32 Å². The summed E-state index contributed by atoms with van der Waals surface area (Å²) in [6.45, 7) is 1.34. The average Bonchev–Trinajstić information content (AvgIpc) is 3.36. The molecule has 40 heavy (non-hydrogen) atoms. The van der Waals surface area contributed by atoms with E-state index in [1.54, 1.807) is 38.5 Å². The van der Waals surface area contributed by atoms with Crippen molar-refractivity contribution in [3.05, 3.63) is 58.7 Å². The van der Waals surface area contributed by atoms with Gasteiger partial charge in [0, 0.05) is 36.7 Å². The summed E-state index contributed by atoms with van der Waals surface area (Å²) in [6.07, 6.45) is 0.462. The maximum atomic E-state index is 13.3. The van der Waals surface area contributed by atoms with Gasteiger partial charge in [0.15, 0.2) is 11.5 Å². The number of nitrogens with one attached hydrogen (secondary N) is 1. The standard InChI is InChI=1S/C29H34N2O9/c1-16(34)31(9-7-18-13-19(37-2)5-6-23(18)38-3)22-14-21(29(36)30-8-10-32)25-20-11-17(15-33)12-24(39-4)27(20)40-28(25)26(22)35/h5-6,11-15,22,25-26,28,32,35H,7-10H2,1-4H3,(H,30,36). The third-order valence-corrected chi connectivity index (χ3v) is 7.28. The number of fused-ring (bicyclic) bond motifs is 3. The molecule has 11 nitrogen and oxygen atoms in total. The van der Waals surface area contributed by atoms with Crippen molar-refractivity contribution in [3.63, 3.8) is 0 Å². The Bertz CT molecular complexity index is 1310. The monoisotopic (exact) mass is 554 g/mol. The number of hydrogen-bond donors (Lipinski definition) is 3. The molecule has 2 aromatic rings. The van der Waals surface area contributed by atoms with E-state index in [0.717, 1.165) is 5.56 Å². The predicted octanol–water partition coefficient (Wildman–Crippen LogP) is 1.24. The van der Waals surface area contributed by atoms with Gasteiger partial charge in [-0.1, -0.05) is 0 Å². The highest BCUT2D eigenvalue weighted by atomic mass is 16.5. The summed E-state index contributed by atoms with van der Waals surface area (Å²) in [7, 11) is 4.55. The second-order valence-electron chi connectivity index (χ2n) is 9.54. The second-order valence-corrected chi connectivity index (χ2v) is 9.54. The molecule has 4 unspecified atom stereocenters. The molecule has 1 heterocycles.